The summed E-state index contributed by atoms with van der Waals surface area (Å²) in [6, 6.07) is 5.05. The second-order valence-electron chi connectivity index (χ2n) is 4.58. The molecule has 0 unspecified atom stereocenters. The monoisotopic (exact) mass is 250 g/mol. The molecular weight excluding hydrogens is 228 g/mol. The zero-order valence-corrected chi connectivity index (χ0v) is 11.5. The van der Waals surface area contributed by atoms with Gasteiger partial charge in [-0.05, 0) is 36.6 Å². The summed E-state index contributed by atoms with van der Waals surface area (Å²) in [6.45, 7) is 5.93. The molecule has 0 aromatic heterocycles. The molecule has 4 nitrogen and oxygen atoms in total. The number of hydrogen-bond donors (Lipinski definition) is 2. The predicted octanol–water partition coefficient (Wildman–Crippen LogP) is 2.32. The maximum Gasteiger partial charge on any atom is 0.241 e. The molecule has 0 spiro atoms. The van der Waals surface area contributed by atoms with Gasteiger partial charge in [-0.2, -0.15) is 0 Å². The van der Waals surface area contributed by atoms with E-state index in [0.717, 1.165) is 23.4 Å². The van der Waals surface area contributed by atoms with Crippen LogP contribution in [0.25, 0.3) is 0 Å². The van der Waals surface area contributed by atoms with E-state index >= 15 is 0 Å². The van der Waals surface area contributed by atoms with Crippen molar-refractivity contribution in [2.24, 2.45) is 11.7 Å². The van der Waals surface area contributed by atoms with Crippen LogP contribution in [0.4, 0.5) is 5.69 Å². The third-order valence-electron chi connectivity index (χ3n) is 3.22. The largest absolute Gasteiger partial charge is 0.496 e. The van der Waals surface area contributed by atoms with E-state index in [1.54, 1.807) is 7.11 Å². The van der Waals surface area contributed by atoms with E-state index in [-0.39, 0.29) is 11.8 Å². The van der Waals surface area contributed by atoms with Gasteiger partial charge in [-0.3, -0.25) is 4.79 Å². The highest BCUT2D eigenvalue weighted by molar-refractivity contribution is 5.95. The number of carbonyl (C=O) groups excluding carboxylic acids is 1. The van der Waals surface area contributed by atoms with Gasteiger partial charge in [-0.1, -0.05) is 20.3 Å². The van der Waals surface area contributed by atoms with Gasteiger partial charge in [0.25, 0.3) is 0 Å². The molecule has 1 aromatic carbocycles. The molecule has 1 amide bonds. The van der Waals surface area contributed by atoms with Crippen molar-refractivity contribution in [3.8, 4) is 5.75 Å². The Morgan fingerprint density at radius 3 is 2.67 bits per heavy atom. The van der Waals surface area contributed by atoms with Crippen molar-refractivity contribution in [2.75, 3.05) is 12.4 Å². The minimum atomic E-state index is -0.475. The third-order valence-corrected chi connectivity index (χ3v) is 3.22. The summed E-state index contributed by atoms with van der Waals surface area (Å²) in [5.74, 6) is 0.831. The second-order valence-corrected chi connectivity index (χ2v) is 4.58. The molecule has 0 aliphatic rings. The molecule has 18 heavy (non-hydrogen) atoms. The summed E-state index contributed by atoms with van der Waals surface area (Å²) in [5, 5.41) is 2.83. The molecule has 0 aliphatic heterocycles. The average molecular weight is 250 g/mol. The lowest BCUT2D eigenvalue weighted by Crippen LogP contribution is -2.40. The summed E-state index contributed by atoms with van der Waals surface area (Å²) in [6.07, 6.45) is 0.885. The van der Waals surface area contributed by atoms with Crippen LogP contribution in [0.3, 0.4) is 0 Å². The van der Waals surface area contributed by atoms with E-state index < -0.39 is 6.04 Å². The van der Waals surface area contributed by atoms with E-state index in [1.807, 2.05) is 39.0 Å². The van der Waals surface area contributed by atoms with Gasteiger partial charge in [0, 0.05) is 5.69 Å². The molecule has 4 heteroatoms. The average Bonchev–Trinajstić information content (AvgIpc) is 2.37. The van der Waals surface area contributed by atoms with Crippen molar-refractivity contribution in [2.45, 2.75) is 33.2 Å². The number of amides is 1. The van der Waals surface area contributed by atoms with Gasteiger partial charge in [-0.25, -0.2) is 0 Å². The van der Waals surface area contributed by atoms with Crippen LogP contribution in [0, 0.1) is 12.8 Å². The van der Waals surface area contributed by atoms with Gasteiger partial charge in [0.15, 0.2) is 0 Å². The molecule has 0 heterocycles. The fourth-order valence-electron chi connectivity index (χ4n) is 1.69. The summed E-state index contributed by atoms with van der Waals surface area (Å²) in [4.78, 5) is 11.9. The standard InChI is InChI=1S/C14H22N2O2/c1-5-9(2)13(15)14(17)16-11-6-7-12(18-4)10(3)8-11/h6-9,13H,5,15H2,1-4H3,(H,16,17)/t9-,13-/m0/s1. The number of anilines is 1. The summed E-state index contributed by atoms with van der Waals surface area (Å²) >= 11 is 0. The zero-order valence-electron chi connectivity index (χ0n) is 11.5. The van der Waals surface area contributed by atoms with Crippen LogP contribution < -0.4 is 15.8 Å². The Morgan fingerprint density at radius 2 is 2.17 bits per heavy atom. The van der Waals surface area contributed by atoms with Crippen LogP contribution in [0.1, 0.15) is 25.8 Å². The minimum Gasteiger partial charge on any atom is -0.496 e. The van der Waals surface area contributed by atoms with E-state index in [0.29, 0.717) is 0 Å². The lowest BCUT2D eigenvalue weighted by Gasteiger charge is -2.18. The molecule has 0 bridgehead atoms. The molecule has 0 saturated carbocycles. The fraction of sp³-hybridized carbons (Fsp3) is 0.500. The Kier molecular flexibility index (Phi) is 5.16. The highest BCUT2D eigenvalue weighted by Crippen LogP contribution is 2.21. The van der Waals surface area contributed by atoms with Gasteiger partial charge in [-0.15, -0.1) is 0 Å². The van der Waals surface area contributed by atoms with E-state index in [9.17, 15) is 4.79 Å². The quantitative estimate of drug-likeness (QED) is 0.843. The number of methoxy groups -OCH3 is 1. The third kappa shape index (κ3) is 3.47. The summed E-state index contributed by atoms with van der Waals surface area (Å²) in [5.41, 5.74) is 7.60. The molecule has 3 N–H and O–H groups in total. The summed E-state index contributed by atoms with van der Waals surface area (Å²) < 4.78 is 5.17. The first kappa shape index (κ1) is 14.5. The Hall–Kier alpha value is -1.55. The highest BCUT2D eigenvalue weighted by Gasteiger charge is 2.19. The van der Waals surface area contributed by atoms with Crippen molar-refractivity contribution in [1.29, 1.82) is 0 Å². The van der Waals surface area contributed by atoms with E-state index in [2.05, 4.69) is 5.32 Å². The predicted molar refractivity (Wildman–Crippen MR) is 73.8 cm³/mol. The Bertz CT molecular complexity index is 418. The normalized spacial score (nSPS) is 13.8. The first-order valence-electron chi connectivity index (χ1n) is 6.20. The van der Waals surface area contributed by atoms with Crippen molar-refractivity contribution in [3.05, 3.63) is 23.8 Å². The molecule has 0 radical (unpaired) electrons. The maximum atomic E-state index is 11.9. The molecule has 0 fully saturated rings. The van der Waals surface area contributed by atoms with Gasteiger partial charge in [0.05, 0.1) is 13.2 Å². The Labute approximate surface area is 109 Å². The Balaban J connectivity index is 2.73. The number of ether oxygens (including phenoxy) is 1. The number of aryl methyl sites for hydroxylation is 1. The second kappa shape index (κ2) is 6.40. The van der Waals surface area contributed by atoms with Crippen molar-refractivity contribution in [3.63, 3.8) is 0 Å². The summed E-state index contributed by atoms with van der Waals surface area (Å²) in [7, 11) is 1.62. The molecule has 1 rings (SSSR count). The van der Waals surface area contributed by atoms with Crippen molar-refractivity contribution < 1.29 is 9.53 Å². The first-order chi connectivity index (χ1) is 8.49. The number of rotatable bonds is 5. The number of nitrogens with two attached hydrogens (primary N) is 1. The van der Waals surface area contributed by atoms with E-state index in [4.69, 9.17) is 10.5 Å². The molecule has 2 atom stereocenters. The SMILES string of the molecule is CC[C@H](C)[C@H](N)C(=O)Nc1ccc(OC)c(C)c1. The van der Waals surface area contributed by atoms with E-state index in [1.165, 1.54) is 0 Å². The van der Waals surface area contributed by atoms with Crippen LogP contribution in [0.15, 0.2) is 18.2 Å². The van der Waals surface area contributed by atoms with Gasteiger partial charge < -0.3 is 15.8 Å². The maximum absolute atomic E-state index is 11.9. The van der Waals surface area contributed by atoms with Crippen molar-refractivity contribution >= 4 is 11.6 Å². The fourth-order valence-corrected chi connectivity index (χ4v) is 1.69. The lowest BCUT2D eigenvalue weighted by molar-refractivity contribution is -0.118. The highest BCUT2D eigenvalue weighted by atomic mass is 16.5. The van der Waals surface area contributed by atoms with Crippen LogP contribution in [0.2, 0.25) is 0 Å². The molecule has 0 saturated heterocycles. The smallest absolute Gasteiger partial charge is 0.241 e. The number of hydrogen-bond acceptors (Lipinski definition) is 3. The Morgan fingerprint density at radius 1 is 1.50 bits per heavy atom. The van der Waals surface area contributed by atoms with Crippen LogP contribution >= 0.6 is 0 Å². The van der Waals surface area contributed by atoms with Gasteiger partial charge >= 0.3 is 0 Å². The first-order valence-corrected chi connectivity index (χ1v) is 6.20. The number of benzene rings is 1. The molecular formula is C14H22N2O2. The van der Waals surface area contributed by atoms with Crippen LogP contribution in [-0.2, 0) is 4.79 Å². The molecule has 0 aliphatic carbocycles. The number of carbonyl (C=O) groups is 1. The van der Waals surface area contributed by atoms with Gasteiger partial charge in [0.1, 0.15) is 5.75 Å². The van der Waals surface area contributed by atoms with Crippen LogP contribution in [0.5, 0.6) is 5.75 Å². The zero-order chi connectivity index (χ0) is 13.7. The molecule has 1 aromatic rings. The topological polar surface area (TPSA) is 64.4 Å². The molecule has 100 valence electrons. The minimum absolute atomic E-state index is 0.145. The van der Waals surface area contributed by atoms with Crippen LogP contribution in [-0.4, -0.2) is 19.1 Å². The lowest BCUT2D eigenvalue weighted by atomic mass is 9.99. The van der Waals surface area contributed by atoms with Gasteiger partial charge in [0.2, 0.25) is 5.91 Å². The van der Waals surface area contributed by atoms with Crippen molar-refractivity contribution in [1.82, 2.24) is 0 Å². The number of nitrogens with one attached hydrogen (secondary N) is 1.